The van der Waals surface area contributed by atoms with Gasteiger partial charge in [-0.05, 0) is 42.8 Å². The number of carbonyl (C=O) groups excluding carboxylic acids is 2. The Morgan fingerprint density at radius 3 is 2.53 bits per heavy atom. The zero-order valence-electron chi connectivity index (χ0n) is 17.3. The number of aliphatic hydroxyl groups excluding tert-OH is 1. The molecule has 30 heavy (non-hydrogen) atoms. The van der Waals surface area contributed by atoms with Crippen LogP contribution in [0.15, 0.2) is 53.8 Å². The van der Waals surface area contributed by atoms with E-state index in [-0.39, 0.29) is 11.4 Å². The molecule has 0 radical (unpaired) electrons. The van der Waals surface area contributed by atoms with Gasteiger partial charge in [-0.3, -0.25) is 14.5 Å². The summed E-state index contributed by atoms with van der Waals surface area (Å²) < 4.78 is 11.0. The zero-order valence-corrected chi connectivity index (χ0v) is 18.1. The summed E-state index contributed by atoms with van der Waals surface area (Å²) in [4.78, 5) is 27.4. The van der Waals surface area contributed by atoms with Gasteiger partial charge in [-0.25, -0.2) is 0 Å². The summed E-state index contributed by atoms with van der Waals surface area (Å²) in [5.74, 6) is -0.888. The molecule has 0 aromatic heterocycles. The molecule has 1 aliphatic heterocycles. The lowest BCUT2D eigenvalue weighted by Crippen LogP contribution is -2.31. The second-order valence-electron chi connectivity index (χ2n) is 7.18. The highest BCUT2D eigenvalue weighted by molar-refractivity contribution is 6.31. The first-order chi connectivity index (χ1) is 14.3. The number of benzene rings is 2. The number of ether oxygens (including phenoxy) is 2. The molecule has 2 aromatic carbocycles. The van der Waals surface area contributed by atoms with E-state index >= 15 is 0 Å². The summed E-state index contributed by atoms with van der Waals surface area (Å²) in [6.45, 7) is 5.72. The van der Waals surface area contributed by atoms with Crippen molar-refractivity contribution in [3.05, 3.63) is 64.4 Å². The minimum absolute atomic E-state index is 0.0580. The van der Waals surface area contributed by atoms with Crippen molar-refractivity contribution in [3.8, 4) is 11.5 Å². The monoisotopic (exact) mass is 429 g/mol. The number of methoxy groups -OCH3 is 1. The fourth-order valence-corrected chi connectivity index (χ4v) is 3.69. The maximum absolute atomic E-state index is 13.0. The summed E-state index contributed by atoms with van der Waals surface area (Å²) in [5.41, 5.74) is 1.15. The Morgan fingerprint density at radius 1 is 1.20 bits per heavy atom. The highest BCUT2D eigenvalue weighted by Gasteiger charge is 2.45. The standard InChI is InChI=1S/C23H24ClNO5/c1-5-30-18-11-14(9-10-17(18)29-4)20-19(21(26)13(2)3)22(27)23(28)25(20)16-8-6-7-15(24)12-16/h6-13,20,27H,5H2,1-4H3. The van der Waals surface area contributed by atoms with Crippen LogP contribution in [0.1, 0.15) is 32.4 Å². The smallest absolute Gasteiger partial charge is 0.294 e. The third-order valence-electron chi connectivity index (χ3n) is 4.89. The number of ketones is 1. The van der Waals surface area contributed by atoms with Gasteiger partial charge in [0.1, 0.15) is 0 Å². The Hall–Kier alpha value is -2.99. The molecule has 158 valence electrons. The molecule has 3 rings (SSSR count). The van der Waals surface area contributed by atoms with Crippen LogP contribution in [0.5, 0.6) is 11.5 Å². The fourth-order valence-electron chi connectivity index (χ4n) is 3.51. The topological polar surface area (TPSA) is 76.1 Å². The predicted octanol–water partition coefficient (Wildman–Crippen LogP) is 4.87. The first kappa shape index (κ1) is 21.7. The molecule has 0 saturated heterocycles. The van der Waals surface area contributed by atoms with Crippen LogP contribution < -0.4 is 14.4 Å². The predicted molar refractivity (Wildman–Crippen MR) is 115 cm³/mol. The third kappa shape index (κ3) is 3.87. The van der Waals surface area contributed by atoms with Crippen molar-refractivity contribution in [3.63, 3.8) is 0 Å². The van der Waals surface area contributed by atoms with E-state index in [0.717, 1.165) is 0 Å². The van der Waals surface area contributed by atoms with Crippen molar-refractivity contribution in [2.45, 2.75) is 26.8 Å². The maximum atomic E-state index is 13.0. The van der Waals surface area contributed by atoms with Gasteiger partial charge in [0.25, 0.3) is 5.91 Å². The van der Waals surface area contributed by atoms with Crippen molar-refractivity contribution in [1.29, 1.82) is 0 Å². The van der Waals surface area contributed by atoms with Gasteiger partial charge in [-0.2, -0.15) is 0 Å². The average Bonchev–Trinajstić information content (AvgIpc) is 2.98. The summed E-state index contributed by atoms with van der Waals surface area (Å²) >= 11 is 6.14. The lowest BCUT2D eigenvalue weighted by Gasteiger charge is -2.28. The Balaban J connectivity index is 2.22. The second kappa shape index (κ2) is 8.79. The van der Waals surface area contributed by atoms with Crippen LogP contribution in [-0.4, -0.2) is 30.5 Å². The summed E-state index contributed by atoms with van der Waals surface area (Å²) in [7, 11) is 1.54. The number of anilines is 1. The Morgan fingerprint density at radius 2 is 1.93 bits per heavy atom. The van der Waals surface area contributed by atoms with Gasteiger partial charge in [0, 0.05) is 16.6 Å². The highest BCUT2D eigenvalue weighted by atomic mass is 35.5. The van der Waals surface area contributed by atoms with Gasteiger partial charge in [0.15, 0.2) is 23.0 Å². The van der Waals surface area contributed by atoms with Gasteiger partial charge in [0.2, 0.25) is 0 Å². The first-order valence-corrected chi connectivity index (χ1v) is 10.0. The van der Waals surface area contributed by atoms with Gasteiger partial charge in [-0.1, -0.05) is 37.6 Å². The molecule has 1 N–H and O–H groups in total. The molecule has 0 aliphatic carbocycles. The summed E-state index contributed by atoms with van der Waals surface area (Å²) in [5, 5.41) is 11.1. The average molecular weight is 430 g/mol. The fraction of sp³-hybridized carbons (Fsp3) is 0.304. The van der Waals surface area contributed by atoms with Crippen molar-refractivity contribution in [2.24, 2.45) is 5.92 Å². The molecule has 1 aliphatic rings. The number of carbonyl (C=O) groups is 2. The van der Waals surface area contributed by atoms with Crippen molar-refractivity contribution < 1.29 is 24.2 Å². The number of Topliss-reactive ketones (excluding diaryl/α,β-unsaturated/α-hetero) is 1. The molecule has 1 heterocycles. The lowest BCUT2D eigenvalue weighted by molar-refractivity contribution is -0.119. The molecular weight excluding hydrogens is 406 g/mol. The SMILES string of the molecule is CCOc1cc(C2C(C(=O)C(C)C)=C(O)C(=O)N2c2cccc(Cl)c2)ccc1OC. The number of amides is 1. The number of nitrogens with zero attached hydrogens (tertiary/aromatic N) is 1. The van der Waals surface area contributed by atoms with Crippen molar-refractivity contribution >= 4 is 29.0 Å². The van der Waals surface area contributed by atoms with E-state index in [1.165, 1.54) is 12.0 Å². The van der Waals surface area contributed by atoms with E-state index < -0.39 is 23.6 Å². The summed E-state index contributed by atoms with van der Waals surface area (Å²) in [6.07, 6.45) is 0. The van der Waals surface area contributed by atoms with Crippen molar-refractivity contribution in [2.75, 3.05) is 18.6 Å². The maximum Gasteiger partial charge on any atom is 0.294 e. The molecular formula is C23H24ClNO5. The number of halogens is 1. The van der Waals surface area contributed by atoms with Gasteiger partial charge in [0.05, 0.1) is 25.3 Å². The van der Waals surface area contributed by atoms with Crippen LogP contribution in [0.25, 0.3) is 0 Å². The number of rotatable bonds is 7. The third-order valence-corrected chi connectivity index (χ3v) is 5.12. The Kier molecular flexibility index (Phi) is 6.37. The van der Waals surface area contributed by atoms with Crippen LogP contribution in [0.3, 0.4) is 0 Å². The van der Waals surface area contributed by atoms with E-state index in [1.807, 2.05) is 6.92 Å². The molecule has 0 spiro atoms. The van der Waals surface area contributed by atoms with Crippen molar-refractivity contribution in [1.82, 2.24) is 0 Å². The number of hydrogen-bond acceptors (Lipinski definition) is 5. The van der Waals surface area contributed by atoms with Crippen LogP contribution in [0.4, 0.5) is 5.69 Å². The quantitative estimate of drug-likeness (QED) is 0.679. The Bertz CT molecular complexity index is 1010. The van der Waals surface area contributed by atoms with Gasteiger partial charge < -0.3 is 14.6 Å². The minimum Gasteiger partial charge on any atom is -0.503 e. The van der Waals surface area contributed by atoms with E-state index in [1.54, 1.807) is 56.3 Å². The molecule has 2 aromatic rings. The molecule has 7 heteroatoms. The van der Waals surface area contributed by atoms with Gasteiger partial charge in [-0.15, -0.1) is 0 Å². The van der Waals surface area contributed by atoms with Crippen LogP contribution in [0.2, 0.25) is 5.02 Å². The number of hydrogen-bond donors (Lipinski definition) is 1. The van der Waals surface area contributed by atoms with Gasteiger partial charge >= 0.3 is 0 Å². The van der Waals surface area contributed by atoms with Crippen LogP contribution in [-0.2, 0) is 9.59 Å². The van der Waals surface area contributed by atoms with E-state index in [4.69, 9.17) is 21.1 Å². The lowest BCUT2D eigenvalue weighted by atomic mass is 9.91. The highest BCUT2D eigenvalue weighted by Crippen LogP contribution is 2.44. The molecule has 6 nitrogen and oxygen atoms in total. The Labute approximate surface area is 180 Å². The summed E-state index contributed by atoms with van der Waals surface area (Å²) in [6, 6.07) is 11.1. The molecule has 1 unspecified atom stereocenters. The molecule has 1 amide bonds. The minimum atomic E-state index is -0.823. The molecule has 0 saturated carbocycles. The van der Waals surface area contributed by atoms with Crippen LogP contribution >= 0.6 is 11.6 Å². The molecule has 1 atom stereocenters. The van der Waals surface area contributed by atoms with E-state index in [0.29, 0.717) is 34.4 Å². The second-order valence-corrected chi connectivity index (χ2v) is 7.62. The molecule has 0 bridgehead atoms. The first-order valence-electron chi connectivity index (χ1n) is 9.67. The zero-order chi connectivity index (χ0) is 22.0. The van der Waals surface area contributed by atoms with Crippen LogP contribution in [0, 0.1) is 5.92 Å². The number of aliphatic hydroxyl groups is 1. The van der Waals surface area contributed by atoms with E-state index in [2.05, 4.69) is 0 Å². The van der Waals surface area contributed by atoms with E-state index in [9.17, 15) is 14.7 Å². The molecule has 0 fully saturated rings. The largest absolute Gasteiger partial charge is 0.503 e. The normalized spacial score (nSPS) is 16.4.